The highest BCUT2D eigenvalue weighted by Crippen LogP contribution is 2.18. The third-order valence-corrected chi connectivity index (χ3v) is 4.46. The molecule has 0 radical (unpaired) electrons. The number of rotatable bonds is 5. The highest BCUT2D eigenvalue weighted by Gasteiger charge is 2.07. The summed E-state index contributed by atoms with van der Waals surface area (Å²) in [4.78, 5) is 11.8. The molecule has 0 aliphatic carbocycles. The van der Waals surface area contributed by atoms with E-state index in [0.29, 0.717) is 11.3 Å². The summed E-state index contributed by atoms with van der Waals surface area (Å²) in [5, 5.41) is 11.3. The zero-order valence-electron chi connectivity index (χ0n) is 11.5. The SMILES string of the molecule is N#Cc1ccc(CSCC(=O)Nc2ccc(I)cc2F)cc1. The van der Waals surface area contributed by atoms with Gasteiger partial charge in [0.05, 0.1) is 23.1 Å². The summed E-state index contributed by atoms with van der Waals surface area (Å²) in [6.07, 6.45) is 0. The van der Waals surface area contributed by atoms with Crippen molar-refractivity contribution >= 4 is 45.9 Å². The van der Waals surface area contributed by atoms with Gasteiger partial charge in [0.25, 0.3) is 0 Å². The Balaban J connectivity index is 1.81. The molecule has 0 aromatic heterocycles. The van der Waals surface area contributed by atoms with Crippen LogP contribution in [0.15, 0.2) is 42.5 Å². The number of anilines is 1. The first kappa shape index (κ1) is 16.8. The molecule has 0 atom stereocenters. The Labute approximate surface area is 146 Å². The van der Waals surface area contributed by atoms with Crippen LogP contribution in [0.2, 0.25) is 0 Å². The number of amides is 1. The molecule has 1 amide bonds. The maximum Gasteiger partial charge on any atom is 0.234 e. The van der Waals surface area contributed by atoms with Crippen LogP contribution in [-0.4, -0.2) is 11.7 Å². The van der Waals surface area contributed by atoms with Gasteiger partial charge in [-0.05, 0) is 58.5 Å². The van der Waals surface area contributed by atoms with Crippen LogP contribution in [0.1, 0.15) is 11.1 Å². The second-order valence-electron chi connectivity index (χ2n) is 4.47. The minimum atomic E-state index is -0.433. The molecule has 0 aliphatic heterocycles. The lowest BCUT2D eigenvalue weighted by molar-refractivity contribution is -0.113. The molecule has 0 spiro atoms. The lowest BCUT2D eigenvalue weighted by Gasteiger charge is -2.07. The largest absolute Gasteiger partial charge is 0.323 e. The third-order valence-electron chi connectivity index (χ3n) is 2.79. The van der Waals surface area contributed by atoms with Crippen molar-refractivity contribution in [2.75, 3.05) is 11.1 Å². The number of nitrogens with one attached hydrogen (secondary N) is 1. The molecule has 112 valence electrons. The molecule has 1 N–H and O–H groups in total. The molecule has 0 saturated heterocycles. The average Bonchev–Trinajstić information content (AvgIpc) is 2.51. The Hall–Kier alpha value is -1.59. The molecule has 0 aliphatic rings. The highest BCUT2D eigenvalue weighted by molar-refractivity contribution is 14.1. The summed E-state index contributed by atoms with van der Waals surface area (Å²) >= 11 is 3.45. The van der Waals surface area contributed by atoms with E-state index in [0.717, 1.165) is 9.13 Å². The van der Waals surface area contributed by atoms with Gasteiger partial charge < -0.3 is 5.32 Å². The molecule has 22 heavy (non-hydrogen) atoms. The number of thioether (sulfide) groups is 1. The number of halogens is 2. The van der Waals surface area contributed by atoms with Crippen LogP contribution in [0.25, 0.3) is 0 Å². The monoisotopic (exact) mass is 426 g/mol. The van der Waals surface area contributed by atoms with Crippen LogP contribution in [0.3, 0.4) is 0 Å². The lowest BCUT2D eigenvalue weighted by Crippen LogP contribution is -2.15. The summed E-state index contributed by atoms with van der Waals surface area (Å²) in [7, 11) is 0. The van der Waals surface area contributed by atoms with Gasteiger partial charge >= 0.3 is 0 Å². The Bertz CT molecular complexity index is 713. The van der Waals surface area contributed by atoms with Crippen LogP contribution >= 0.6 is 34.4 Å². The van der Waals surface area contributed by atoms with E-state index in [-0.39, 0.29) is 17.3 Å². The minimum Gasteiger partial charge on any atom is -0.323 e. The second kappa shape index (κ2) is 8.15. The van der Waals surface area contributed by atoms with Crippen LogP contribution < -0.4 is 5.32 Å². The number of carbonyl (C=O) groups excluding carboxylic acids is 1. The van der Waals surface area contributed by atoms with Gasteiger partial charge in [-0.1, -0.05) is 12.1 Å². The Morgan fingerprint density at radius 2 is 2.00 bits per heavy atom. The summed E-state index contributed by atoms with van der Waals surface area (Å²) in [6.45, 7) is 0. The fraction of sp³-hybridized carbons (Fsp3) is 0.125. The number of hydrogen-bond acceptors (Lipinski definition) is 3. The van der Waals surface area contributed by atoms with Crippen molar-refractivity contribution in [3.8, 4) is 6.07 Å². The molecule has 0 heterocycles. The lowest BCUT2D eigenvalue weighted by atomic mass is 10.2. The number of nitriles is 1. The molecule has 0 saturated carbocycles. The molecule has 6 heteroatoms. The van der Waals surface area contributed by atoms with Crippen molar-refractivity contribution in [1.29, 1.82) is 5.26 Å². The topological polar surface area (TPSA) is 52.9 Å². The fourth-order valence-corrected chi connectivity index (χ4v) is 2.96. The Morgan fingerprint density at radius 3 is 2.64 bits per heavy atom. The van der Waals surface area contributed by atoms with E-state index in [1.54, 1.807) is 24.3 Å². The first-order valence-electron chi connectivity index (χ1n) is 6.40. The van der Waals surface area contributed by atoms with E-state index >= 15 is 0 Å². The van der Waals surface area contributed by atoms with Crippen molar-refractivity contribution in [3.63, 3.8) is 0 Å². The van der Waals surface area contributed by atoms with Gasteiger partial charge in [-0.25, -0.2) is 4.39 Å². The number of nitrogens with zero attached hydrogens (tertiary/aromatic N) is 1. The summed E-state index contributed by atoms with van der Waals surface area (Å²) < 4.78 is 14.4. The molecule has 2 rings (SSSR count). The first-order chi connectivity index (χ1) is 10.6. The van der Waals surface area contributed by atoms with E-state index in [1.165, 1.54) is 17.8 Å². The molecule has 0 bridgehead atoms. The number of hydrogen-bond donors (Lipinski definition) is 1. The maximum atomic E-state index is 13.6. The zero-order valence-corrected chi connectivity index (χ0v) is 14.4. The predicted octanol–water partition coefficient (Wildman–Crippen LogP) is 4.17. The van der Waals surface area contributed by atoms with Gasteiger partial charge in [0.2, 0.25) is 5.91 Å². The van der Waals surface area contributed by atoms with Gasteiger partial charge in [-0.15, -0.1) is 11.8 Å². The van der Waals surface area contributed by atoms with E-state index in [2.05, 4.69) is 11.4 Å². The molecule has 2 aromatic rings. The Kier molecular flexibility index (Phi) is 6.21. The van der Waals surface area contributed by atoms with Gasteiger partial charge in [0.1, 0.15) is 5.82 Å². The zero-order chi connectivity index (χ0) is 15.9. The summed E-state index contributed by atoms with van der Waals surface area (Å²) in [5.41, 5.74) is 1.85. The van der Waals surface area contributed by atoms with E-state index in [4.69, 9.17) is 5.26 Å². The van der Waals surface area contributed by atoms with Crippen LogP contribution in [-0.2, 0) is 10.5 Å². The number of carbonyl (C=O) groups is 1. The third kappa shape index (κ3) is 5.00. The van der Waals surface area contributed by atoms with Gasteiger partial charge in [-0.2, -0.15) is 5.26 Å². The van der Waals surface area contributed by atoms with Crippen LogP contribution in [0, 0.1) is 20.7 Å². The van der Waals surface area contributed by atoms with Gasteiger partial charge in [0.15, 0.2) is 0 Å². The predicted molar refractivity (Wildman–Crippen MR) is 95.1 cm³/mol. The maximum absolute atomic E-state index is 13.6. The van der Waals surface area contributed by atoms with Crippen molar-refractivity contribution in [2.45, 2.75) is 5.75 Å². The van der Waals surface area contributed by atoms with Crippen molar-refractivity contribution in [1.82, 2.24) is 0 Å². The summed E-state index contributed by atoms with van der Waals surface area (Å²) in [6, 6.07) is 13.9. The van der Waals surface area contributed by atoms with E-state index < -0.39 is 5.82 Å². The fourth-order valence-electron chi connectivity index (χ4n) is 1.71. The van der Waals surface area contributed by atoms with Crippen LogP contribution in [0.5, 0.6) is 0 Å². The molecular formula is C16H12FIN2OS. The quantitative estimate of drug-likeness (QED) is 0.731. The average molecular weight is 426 g/mol. The van der Waals surface area contributed by atoms with Crippen molar-refractivity contribution in [2.24, 2.45) is 0 Å². The summed E-state index contributed by atoms with van der Waals surface area (Å²) in [5.74, 6) is 0.232. The van der Waals surface area contributed by atoms with Gasteiger partial charge in [-0.3, -0.25) is 4.79 Å². The van der Waals surface area contributed by atoms with E-state index in [1.807, 2.05) is 34.7 Å². The number of benzene rings is 2. The normalized spacial score (nSPS) is 10.0. The Morgan fingerprint density at radius 1 is 1.27 bits per heavy atom. The van der Waals surface area contributed by atoms with Crippen molar-refractivity contribution in [3.05, 3.63) is 63.0 Å². The molecule has 2 aromatic carbocycles. The standard InChI is InChI=1S/C16H12FIN2OS/c17-14-7-13(18)5-6-15(14)20-16(21)10-22-9-12-3-1-11(8-19)2-4-12/h1-7H,9-10H2,(H,20,21). The van der Waals surface area contributed by atoms with E-state index in [9.17, 15) is 9.18 Å². The molecule has 0 unspecified atom stereocenters. The van der Waals surface area contributed by atoms with Gasteiger partial charge in [0, 0.05) is 9.32 Å². The molecule has 3 nitrogen and oxygen atoms in total. The second-order valence-corrected chi connectivity index (χ2v) is 6.71. The first-order valence-corrected chi connectivity index (χ1v) is 8.63. The molecule has 0 fully saturated rings. The van der Waals surface area contributed by atoms with Crippen LogP contribution in [0.4, 0.5) is 10.1 Å². The smallest absolute Gasteiger partial charge is 0.234 e. The van der Waals surface area contributed by atoms with Crippen molar-refractivity contribution < 1.29 is 9.18 Å². The highest BCUT2D eigenvalue weighted by atomic mass is 127. The minimum absolute atomic E-state index is 0.199. The molecular weight excluding hydrogens is 414 g/mol.